The van der Waals surface area contributed by atoms with E-state index in [9.17, 15) is 9.90 Å². The van der Waals surface area contributed by atoms with E-state index < -0.39 is 8.07 Å². The van der Waals surface area contributed by atoms with Gasteiger partial charge in [0.05, 0.1) is 19.3 Å². The van der Waals surface area contributed by atoms with Gasteiger partial charge in [-0.1, -0.05) is 182 Å². The van der Waals surface area contributed by atoms with Crippen LogP contribution in [-0.4, -0.2) is 28.9 Å². The molecular weight excluding hydrogens is 961 g/mol. The van der Waals surface area contributed by atoms with Gasteiger partial charge < -0.3 is 5.11 Å². The summed E-state index contributed by atoms with van der Waals surface area (Å²) in [5.41, 5.74) is 5.98. The quantitative estimate of drug-likeness (QED) is 0.0491. The molecule has 1 radical (unpaired) electrons. The summed E-state index contributed by atoms with van der Waals surface area (Å²) in [5.74, 6) is 3.74. The SMILES string of the molecule is CC(C)C(C(=O)/C=C(\O)C(C(C)C)C(C)C)C(C)C.Cc1c([Si](CC(C)C)(CC(C)C)CC(C)C)ccc2c1sc1c(-c3[c-]c4ccccc4c(C(C)(C)C)c3)ncnc12.[Ir]. The monoisotopic (exact) mass is 1040 g/mol. The minimum atomic E-state index is -1.74. The van der Waals surface area contributed by atoms with E-state index in [4.69, 9.17) is 9.97 Å². The Morgan fingerprint density at radius 2 is 1.26 bits per heavy atom. The third kappa shape index (κ3) is 12.5. The first-order valence-electron chi connectivity index (χ1n) is 23.0. The summed E-state index contributed by atoms with van der Waals surface area (Å²) in [7, 11) is -1.74. The largest absolute Gasteiger partial charge is 0.512 e. The third-order valence-electron chi connectivity index (χ3n) is 12.3. The molecule has 0 aliphatic rings. The number of carbonyl (C=O) groups is 1. The second-order valence-corrected chi connectivity index (χ2v) is 26.9. The van der Waals surface area contributed by atoms with Crippen molar-refractivity contribution in [2.75, 3.05) is 0 Å². The van der Waals surface area contributed by atoms with E-state index in [1.165, 1.54) is 55.5 Å². The van der Waals surface area contributed by atoms with Crippen LogP contribution in [0.5, 0.6) is 0 Å². The average Bonchev–Trinajstić information content (AvgIpc) is 3.49. The Hall–Kier alpha value is -2.70. The summed E-state index contributed by atoms with van der Waals surface area (Å²) in [6.45, 7) is 40.4. The maximum Gasteiger partial charge on any atom is 0.162 e. The van der Waals surface area contributed by atoms with Crippen LogP contribution in [0.3, 0.4) is 0 Å². The second kappa shape index (κ2) is 21.8. The molecule has 0 unspecified atom stereocenters. The zero-order chi connectivity index (χ0) is 45.0. The van der Waals surface area contributed by atoms with E-state index in [2.05, 4.69) is 173 Å². The number of allylic oxidation sites excluding steroid dienone is 2. The van der Waals surface area contributed by atoms with Crippen molar-refractivity contribution >= 4 is 61.5 Å². The number of nitrogens with zero attached hydrogens (tertiary/aromatic N) is 2. The molecule has 0 aliphatic carbocycles. The predicted octanol–water partition coefficient (Wildman–Crippen LogP) is 15.5. The van der Waals surface area contributed by atoms with Crippen molar-refractivity contribution in [3.8, 4) is 11.3 Å². The van der Waals surface area contributed by atoms with Gasteiger partial charge in [0.15, 0.2) is 5.78 Å². The molecule has 61 heavy (non-hydrogen) atoms. The molecule has 0 amide bonds. The summed E-state index contributed by atoms with van der Waals surface area (Å²) in [4.78, 5) is 22.1. The van der Waals surface area contributed by atoms with Crippen LogP contribution in [-0.2, 0) is 30.3 Å². The summed E-state index contributed by atoms with van der Waals surface area (Å²) >= 11 is 1.89. The fraction of sp³-hybridized carbons (Fsp3) is 0.574. The maximum atomic E-state index is 12.3. The first-order chi connectivity index (χ1) is 27.9. The predicted molar refractivity (Wildman–Crippen MR) is 267 cm³/mol. The number of benzene rings is 3. The number of hydrogen-bond acceptors (Lipinski definition) is 5. The number of fused-ring (bicyclic) bond motifs is 4. The molecule has 337 valence electrons. The van der Waals surface area contributed by atoms with Gasteiger partial charge in [-0.05, 0) is 59.3 Å². The molecule has 1 N–H and O–H groups in total. The van der Waals surface area contributed by atoms with Crippen LogP contribution in [0.25, 0.3) is 42.3 Å². The van der Waals surface area contributed by atoms with E-state index in [0.29, 0.717) is 41.4 Å². The minimum Gasteiger partial charge on any atom is -0.512 e. The van der Waals surface area contributed by atoms with Gasteiger partial charge >= 0.3 is 0 Å². The molecule has 7 heteroatoms. The standard InChI is InChI=1S/C37H47N2SSi.C17H32O2.Ir/c1-23(2)19-41(20-24(3)4,21-25(5)6)32-16-15-30-34-36(40-35(30)26(32)7)33(38-22-39-34)28-17-27-13-11-12-14-29(27)31(18-28)37(8,9)10;1-10(2)16(11(3)4)14(18)9-15(19)17(12(5)6)13(7)8;/h11-16,18,22-25H,19-21H2,1-10H3;9-13,16-18H,1-8H3;/q-1;;/b;14-9-;. The van der Waals surface area contributed by atoms with E-state index in [1.54, 1.807) is 11.5 Å². The third-order valence-corrected chi connectivity index (χ3v) is 20.1. The number of carbonyl (C=O) groups excluding carboxylic acids is 1. The van der Waals surface area contributed by atoms with Gasteiger partial charge in [-0.2, -0.15) is 0 Å². The molecule has 3 aromatic carbocycles. The Morgan fingerprint density at radius 1 is 0.738 bits per heavy atom. The molecule has 0 aliphatic heterocycles. The van der Waals surface area contributed by atoms with Crippen LogP contribution < -0.4 is 5.19 Å². The van der Waals surface area contributed by atoms with Crippen LogP contribution >= 0.6 is 11.3 Å². The molecule has 0 fully saturated rings. The number of aliphatic hydroxyl groups is 1. The summed E-state index contributed by atoms with van der Waals surface area (Å²) in [6.07, 6.45) is 3.23. The van der Waals surface area contributed by atoms with Crippen LogP contribution in [0.1, 0.15) is 129 Å². The van der Waals surface area contributed by atoms with E-state index in [1.807, 2.05) is 11.3 Å². The number of hydrogen-bond donors (Lipinski definition) is 1. The normalized spacial score (nSPS) is 13.1. The number of rotatable bonds is 15. The summed E-state index contributed by atoms with van der Waals surface area (Å²) < 4.78 is 2.57. The zero-order valence-corrected chi connectivity index (χ0v) is 45.2. The molecule has 0 spiro atoms. The molecule has 2 aromatic heterocycles. The van der Waals surface area contributed by atoms with Gasteiger partial charge in [-0.15, -0.1) is 40.5 Å². The molecule has 4 nitrogen and oxygen atoms in total. The number of ketones is 1. The van der Waals surface area contributed by atoms with E-state index in [-0.39, 0.29) is 48.9 Å². The van der Waals surface area contributed by atoms with Crippen LogP contribution in [0.15, 0.2) is 60.6 Å². The van der Waals surface area contributed by atoms with Gasteiger partial charge in [0.2, 0.25) is 0 Å². The van der Waals surface area contributed by atoms with Crippen molar-refractivity contribution < 1.29 is 30.0 Å². The first kappa shape index (κ1) is 52.6. The number of aryl methyl sites for hydroxylation is 1. The Balaban J connectivity index is 0.000000422. The van der Waals surface area contributed by atoms with Crippen molar-refractivity contribution in [1.29, 1.82) is 0 Å². The van der Waals surface area contributed by atoms with Gasteiger partial charge in [0, 0.05) is 58.5 Å². The van der Waals surface area contributed by atoms with E-state index in [0.717, 1.165) is 22.2 Å². The van der Waals surface area contributed by atoms with Gasteiger partial charge in [0.1, 0.15) is 6.33 Å². The maximum absolute atomic E-state index is 12.3. The van der Waals surface area contributed by atoms with Crippen LogP contribution in [0.2, 0.25) is 18.1 Å². The first-order valence-corrected chi connectivity index (χ1v) is 26.4. The van der Waals surface area contributed by atoms with Gasteiger partial charge in [-0.3, -0.25) is 9.78 Å². The summed E-state index contributed by atoms with van der Waals surface area (Å²) in [5, 5.41) is 15.6. The smallest absolute Gasteiger partial charge is 0.162 e. The molecule has 2 heterocycles. The van der Waals surface area contributed by atoms with Crippen molar-refractivity contribution in [1.82, 2.24) is 9.97 Å². The number of aliphatic hydroxyl groups excluding tert-OH is 1. The van der Waals surface area contributed by atoms with Gasteiger partial charge in [0.25, 0.3) is 0 Å². The summed E-state index contributed by atoms with van der Waals surface area (Å²) in [6, 6.07) is 23.6. The number of aromatic nitrogens is 2. The molecule has 5 rings (SSSR count). The molecular formula is C54H79IrN2O2SSi-. The molecule has 0 saturated carbocycles. The Morgan fingerprint density at radius 3 is 1.75 bits per heavy atom. The fourth-order valence-corrected chi connectivity index (χ4v) is 19.2. The fourth-order valence-electron chi connectivity index (χ4n) is 10.7. The molecule has 5 aromatic rings. The van der Waals surface area contributed by atoms with Crippen LogP contribution in [0, 0.1) is 66.3 Å². The molecule has 0 bridgehead atoms. The Labute approximate surface area is 389 Å². The average molecular weight is 1040 g/mol. The van der Waals surface area contributed by atoms with Gasteiger partial charge in [-0.25, -0.2) is 4.98 Å². The van der Waals surface area contributed by atoms with Crippen molar-refractivity contribution in [2.24, 2.45) is 53.3 Å². The second-order valence-electron chi connectivity index (χ2n) is 21.6. The van der Waals surface area contributed by atoms with Crippen molar-refractivity contribution in [2.45, 2.75) is 148 Å². The number of thiophene rings is 1. The van der Waals surface area contributed by atoms with Crippen molar-refractivity contribution in [3.63, 3.8) is 0 Å². The topological polar surface area (TPSA) is 63.1 Å². The molecule has 0 atom stereocenters. The molecule has 0 saturated heterocycles. The Kier molecular flexibility index (Phi) is 18.8. The van der Waals surface area contributed by atoms with Crippen molar-refractivity contribution in [3.05, 3.63) is 77.8 Å². The minimum absolute atomic E-state index is 0. The zero-order valence-electron chi connectivity index (χ0n) is 41.0. The Bertz CT molecular complexity index is 2220. The van der Waals surface area contributed by atoms with E-state index >= 15 is 0 Å². The van der Waals surface area contributed by atoms with Crippen LogP contribution in [0.4, 0.5) is 0 Å².